The molecule has 132 valence electrons. The average Bonchev–Trinajstić information content (AvgIpc) is 2.64. The summed E-state index contributed by atoms with van der Waals surface area (Å²) in [6.07, 6.45) is 5.41. The molecule has 2 fully saturated rings. The summed E-state index contributed by atoms with van der Waals surface area (Å²) in [5, 5.41) is 3.62. The van der Waals surface area contributed by atoms with Crippen molar-refractivity contribution in [3.05, 3.63) is 60.2 Å². The SMILES string of the molecule is c1ccc(Oc2cccc(CN3CCCC4(CCCNC4)C3)c2)cc1. The first-order chi connectivity index (χ1) is 12.3. The van der Waals surface area contributed by atoms with E-state index in [0.29, 0.717) is 5.41 Å². The highest BCUT2D eigenvalue weighted by Gasteiger charge is 2.36. The van der Waals surface area contributed by atoms with Crippen LogP contribution >= 0.6 is 0 Å². The van der Waals surface area contributed by atoms with Crippen LogP contribution in [0.5, 0.6) is 11.5 Å². The van der Waals surface area contributed by atoms with Crippen molar-refractivity contribution in [2.75, 3.05) is 26.2 Å². The van der Waals surface area contributed by atoms with Gasteiger partial charge in [0.05, 0.1) is 0 Å². The summed E-state index contributed by atoms with van der Waals surface area (Å²) in [4.78, 5) is 2.64. The highest BCUT2D eigenvalue weighted by molar-refractivity contribution is 5.33. The molecule has 2 aliphatic rings. The van der Waals surface area contributed by atoms with Crippen molar-refractivity contribution in [3.8, 4) is 11.5 Å². The third-order valence-corrected chi connectivity index (χ3v) is 5.58. The first kappa shape index (κ1) is 16.6. The standard InChI is InChI=1S/C22H28N2O/c1-2-8-20(9-3-1)25-21-10-4-7-19(15-21)16-24-14-6-12-22(18-24)11-5-13-23-17-22/h1-4,7-10,15,23H,5-6,11-14,16-18H2. The van der Waals surface area contributed by atoms with E-state index in [2.05, 4.69) is 28.4 Å². The molecule has 0 aromatic heterocycles. The predicted octanol–water partition coefficient (Wildman–Crippen LogP) is 4.44. The Balaban J connectivity index is 1.41. The Morgan fingerprint density at radius 1 is 0.960 bits per heavy atom. The molecule has 1 spiro atoms. The second-order valence-corrected chi connectivity index (χ2v) is 7.66. The number of hydrogen-bond donors (Lipinski definition) is 1. The fraction of sp³-hybridized carbons (Fsp3) is 0.455. The first-order valence-electron chi connectivity index (χ1n) is 9.56. The number of nitrogens with zero attached hydrogens (tertiary/aromatic N) is 1. The van der Waals surface area contributed by atoms with E-state index in [0.717, 1.165) is 18.0 Å². The summed E-state index contributed by atoms with van der Waals surface area (Å²) in [6, 6.07) is 18.6. The molecule has 2 aliphatic heterocycles. The van der Waals surface area contributed by atoms with Crippen molar-refractivity contribution in [1.29, 1.82) is 0 Å². The molecular formula is C22H28N2O. The summed E-state index contributed by atoms with van der Waals surface area (Å²) in [5.74, 6) is 1.82. The van der Waals surface area contributed by atoms with Gasteiger partial charge in [-0.15, -0.1) is 0 Å². The lowest BCUT2D eigenvalue weighted by atomic mass is 9.74. The van der Waals surface area contributed by atoms with Crippen LogP contribution in [0.25, 0.3) is 0 Å². The topological polar surface area (TPSA) is 24.5 Å². The van der Waals surface area contributed by atoms with E-state index in [4.69, 9.17) is 4.74 Å². The van der Waals surface area contributed by atoms with E-state index in [1.165, 1.54) is 57.4 Å². The van der Waals surface area contributed by atoms with Crippen LogP contribution in [0.15, 0.2) is 54.6 Å². The van der Waals surface area contributed by atoms with Crippen LogP contribution in [0.1, 0.15) is 31.2 Å². The van der Waals surface area contributed by atoms with E-state index >= 15 is 0 Å². The molecule has 2 aromatic carbocycles. The zero-order chi connectivity index (χ0) is 17.0. The van der Waals surface area contributed by atoms with Gasteiger partial charge in [0.15, 0.2) is 0 Å². The van der Waals surface area contributed by atoms with Crippen LogP contribution in [0.2, 0.25) is 0 Å². The van der Waals surface area contributed by atoms with E-state index in [1.54, 1.807) is 0 Å². The zero-order valence-corrected chi connectivity index (χ0v) is 14.9. The number of benzene rings is 2. The maximum Gasteiger partial charge on any atom is 0.127 e. The van der Waals surface area contributed by atoms with Crippen LogP contribution < -0.4 is 10.1 Å². The van der Waals surface area contributed by atoms with Crippen LogP contribution in [0.4, 0.5) is 0 Å². The quantitative estimate of drug-likeness (QED) is 0.893. The molecule has 3 heteroatoms. The molecular weight excluding hydrogens is 308 g/mol. The number of hydrogen-bond acceptors (Lipinski definition) is 3. The van der Waals surface area contributed by atoms with Crippen LogP contribution in [0.3, 0.4) is 0 Å². The second-order valence-electron chi connectivity index (χ2n) is 7.66. The summed E-state index contributed by atoms with van der Waals surface area (Å²) < 4.78 is 5.99. The van der Waals surface area contributed by atoms with Gasteiger partial charge in [-0.3, -0.25) is 4.90 Å². The van der Waals surface area contributed by atoms with Gasteiger partial charge in [0.25, 0.3) is 0 Å². The number of nitrogens with one attached hydrogen (secondary N) is 1. The highest BCUT2D eigenvalue weighted by Crippen LogP contribution is 2.36. The summed E-state index contributed by atoms with van der Waals surface area (Å²) in [5.41, 5.74) is 1.85. The van der Waals surface area contributed by atoms with Crippen LogP contribution in [0, 0.1) is 5.41 Å². The number of piperidine rings is 2. The normalized spacial score (nSPS) is 24.3. The van der Waals surface area contributed by atoms with Crippen molar-refractivity contribution in [2.24, 2.45) is 5.41 Å². The van der Waals surface area contributed by atoms with Gasteiger partial charge in [-0.25, -0.2) is 0 Å². The molecule has 3 nitrogen and oxygen atoms in total. The van der Waals surface area contributed by atoms with Crippen molar-refractivity contribution in [1.82, 2.24) is 10.2 Å². The van der Waals surface area contributed by atoms with Gasteiger partial charge in [-0.05, 0) is 74.0 Å². The Kier molecular flexibility index (Phi) is 5.04. The lowest BCUT2D eigenvalue weighted by molar-refractivity contribution is 0.0600. The molecule has 2 saturated heterocycles. The number of para-hydroxylation sites is 1. The average molecular weight is 336 g/mol. The number of ether oxygens (including phenoxy) is 1. The first-order valence-corrected chi connectivity index (χ1v) is 9.56. The fourth-order valence-corrected chi connectivity index (χ4v) is 4.41. The lowest BCUT2D eigenvalue weighted by Crippen LogP contribution is -2.50. The third-order valence-electron chi connectivity index (χ3n) is 5.58. The van der Waals surface area contributed by atoms with E-state index < -0.39 is 0 Å². The smallest absolute Gasteiger partial charge is 0.127 e. The molecule has 0 bridgehead atoms. The molecule has 1 unspecified atom stereocenters. The summed E-state index contributed by atoms with van der Waals surface area (Å²) >= 11 is 0. The molecule has 0 radical (unpaired) electrons. The molecule has 1 atom stereocenters. The fourth-order valence-electron chi connectivity index (χ4n) is 4.41. The molecule has 0 aliphatic carbocycles. The Bertz CT molecular complexity index is 674. The Labute approximate surface area is 151 Å². The van der Waals surface area contributed by atoms with Crippen LogP contribution in [-0.2, 0) is 6.54 Å². The minimum Gasteiger partial charge on any atom is -0.457 e. The van der Waals surface area contributed by atoms with Gasteiger partial charge >= 0.3 is 0 Å². The Morgan fingerprint density at radius 3 is 2.64 bits per heavy atom. The van der Waals surface area contributed by atoms with Gasteiger partial charge in [0.1, 0.15) is 11.5 Å². The van der Waals surface area contributed by atoms with Crippen molar-refractivity contribution < 1.29 is 4.74 Å². The largest absolute Gasteiger partial charge is 0.457 e. The molecule has 25 heavy (non-hydrogen) atoms. The van der Waals surface area contributed by atoms with Crippen molar-refractivity contribution >= 4 is 0 Å². The Hall–Kier alpha value is -1.84. The van der Waals surface area contributed by atoms with Gasteiger partial charge in [-0.1, -0.05) is 30.3 Å². The van der Waals surface area contributed by atoms with Gasteiger partial charge in [0, 0.05) is 19.6 Å². The molecule has 2 heterocycles. The minimum atomic E-state index is 0.509. The van der Waals surface area contributed by atoms with E-state index in [-0.39, 0.29) is 0 Å². The monoisotopic (exact) mass is 336 g/mol. The maximum absolute atomic E-state index is 5.99. The molecule has 1 N–H and O–H groups in total. The minimum absolute atomic E-state index is 0.509. The van der Waals surface area contributed by atoms with Crippen molar-refractivity contribution in [3.63, 3.8) is 0 Å². The van der Waals surface area contributed by atoms with Gasteiger partial charge < -0.3 is 10.1 Å². The maximum atomic E-state index is 5.99. The molecule has 0 saturated carbocycles. The lowest BCUT2D eigenvalue weighted by Gasteiger charge is -2.45. The van der Waals surface area contributed by atoms with Crippen molar-refractivity contribution in [2.45, 2.75) is 32.2 Å². The second kappa shape index (κ2) is 7.59. The number of likely N-dealkylation sites (tertiary alicyclic amines) is 1. The zero-order valence-electron chi connectivity index (χ0n) is 14.9. The number of rotatable bonds is 4. The van der Waals surface area contributed by atoms with Gasteiger partial charge in [-0.2, -0.15) is 0 Å². The summed E-state index contributed by atoms with van der Waals surface area (Å²) in [7, 11) is 0. The Morgan fingerprint density at radius 2 is 1.80 bits per heavy atom. The van der Waals surface area contributed by atoms with E-state index in [1.807, 2.05) is 36.4 Å². The van der Waals surface area contributed by atoms with E-state index in [9.17, 15) is 0 Å². The molecule has 0 amide bonds. The van der Waals surface area contributed by atoms with Crippen LogP contribution in [-0.4, -0.2) is 31.1 Å². The highest BCUT2D eigenvalue weighted by atomic mass is 16.5. The predicted molar refractivity (Wildman–Crippen MR) is 102 cm³/mol. The van der Waals surface area contributed by atoms with Gasteiger partial charge in [0.2, 0.25) is 0 Å². The summed E-state index contributed by atoms with van der Waals surface area (Å²) in [6.45, 7) is 5.85. The molecule has 4 rings (SSSR count). The molecule has 2 aromatic rings. The third kappa shape index (κ3) is 4.23.